The number of ether oxygens (including phenoxy) is 1. The first-order valence-corrected chi connectivity index (χ1v) is 1.60. The van der Waals surface area contributed by atoms with Gasteiger partial charge in [-0.1, -0.05) is 0 Å². The molecule has 0 aliphatic rings. The van der Waals surface area contributed by atoms with Gasteiger partial charge in [0.2, 0.25) is 0 Å². The predicted octanol–water partition coefficient (Wildman–Crippen LogP) is -0.0273. The van der Waals surface area contributed by atoms with Crippen molar-refractivity contribution in [3.63, 3.8) is 0 Å². The molecule has 0 saturated carbocycles. The maximum Gasteiger partial charge on any atom is 0.143 e. The van der Waals surface area contributed by atoms with E-state index in [0.717, 1.165) is 0 Å². The van der Waals surface area contributed by atoms with Crippen molar-refractivity contribution >= 4 is 0 Å². The third-order valence-electron chi connectivity index (χ3n) is 0.295. The fraction of sp³-hybridized carbons (Fsp3) is 1.00. The van der Waals surface area contributed by atoms with Crippen LogP contribution in [-0.2, 0) is 4.74 Å². The Morgan fingerprint density at radius 1 is 1.67 bits per heavy atom. The molecule has 0 amide bonds. The Morgan fingerprint density at radius 3 is 2.17 bits per heavy atom. The Balaban J connectivity index is 0. The van der Waals surface area contributed by atoms with E-state index >= 15 is 0 Å². The molecule has 0 atom stereocenters. The van der Waals surface area contributed by atoms with Crippen molar-refractivity contribution in [2.75, 3.05) is 13.4 Å². The Hall–Kier alpha value is -1.08. The average molecular weight is 343 g/mol. The van der Waals surface area contributed by atoms with Gasteiger partial charge in [-0.15, -0.1) is 0 Å². The molecule has 0 aromatic rings. The predicted molar refractivity (Wildman–Crippen MR) is 18.7 cm³/mol. The fourth-order valence-corrected chi connectivity index (χ4v) is 0.0913. The average Bonchev–Trinajstić information content (AvgIpc) is 1.41. The second kappa shape index (κ2) is 9.07. The summed E-state index contributed by atoms with van der Waals surface area (Å²) in [4.78, 5) is 0. The standard InChI is InChI=1S/C3H8O2.Rf/c1-2-5-3-4;/h4H,2-3H2,1H3;. The molecular formula is C3H8O2Rf. The van der Waals surface area contributed by atoms with Gasteiger partial charge in [0.25, 0.3) is 0 Å². The minimum atomic E-state index is -0.156. The number of hydrogen-bond acceptors (Lipinski definition) is 2. The van der Waals surface area contributed by atoms with E-state index in [1.807, 2.05) is 6.92 Å². The fourth-order valence-electron chi connectivity index (χ4n) is 0.0913. The number of hydrogen-bond donors (Lipinski definition) is 1. The minimum absolute atomic E-state index is 0. The Kier molecular flexibility index (Phi) is 13.4. The summed E-state index contributed by atoms with van der Waals surface area (Å²) in [5, 5.41) is 7.84. The van der Waals surface area contributed by atoms with E-state index in [9.17, 15) is 0 Å². The molecule has 1 N–H and O–H groups in total. The molecule has 0 aliphatic heterocycles. The van der Waals surface area contributed by atoms with Gasteiger partial charge in [-0.25, -0.2) is 0 Å². The van der Waals surface area contributed by atoms with Crippen molar-refractivity contribution in [3.8, 4) is 0 Å². The van der Waals surface area contributed by atoms with Gasteiger partial charge >= 0.3 is 0 Å². The summed E-state index contributed by atoms with van der Waals surface area (Å²) >= 11 is 0. The minimum Gasteiger partial charge on any atom is -0.371 e. The van der Waals surface area contributed by atoms with Gasteiger partial charge in [0.1, 0.15) is 6.79 Å². The molecule has 2 nitrogen and oxygen atoms in total. The van der Waals surface area contributed by atoms with Crippen LogP contribution in [0.2, 0.25) is 0 Å². The van der Waals surface area contributed by atoms with Gasteiger partial charge in [0.15, 0.2) is 0 Å². The van der Waals surface area contributed by atoms with E-state index in [0.29, 0.717) is 6.61 Å². The molecule has 0 spiro atoms. The van der Waals surface area contributed by atoms with E-state index in [1.54, 1.807) is 0 Å². The summed E-state index contributed by atoms with van der Waals surface area (Å²) in [6.07, 6.45) is 0. The van der Waals surface area contributed by atoms with Crippen LogP contribution < -0.4 is 0 Å². The number of rotatable bonds is 2. The summed E-state index contributed by atoms with van der Waals surface area (Å²) < 4.78 is 4.39. The van der Waals surface area contributed by atoms with Crippen LogP contribution in [-0.4, -0.2) is 18.5 Å². The molecule has 0 bridgehead atoms. The molecule has 6 heavy (non-hydrogen) atoms. The van der Waals surface area contributed by atoms with Crippen molar-refractivity contribution in [2.24, 2.45) is 0 Å². The van der Waals surface area contributed by atoms with E-state index in [4.69, 9.17) is 5.11 Å². The van der Waals surface area contributed by atoms with Crippen LogP contribution in [0.1, 0.15) is 6.92 Å². The second-order valence-corrected chi connectivity index (χ2v) is 0.622. The maximum absolute atomic E-state index is 7.84. The topological polar surface area (TPSA) is 29.5 Å². The van der Waals surface area contributed by atoms with Crippen LogP contribution in [0.15, 0.2) is 0 Å². The first kappa shape index (κ1) is 8.87. The molecular weight excluding hydrogens is 335 g/mol. The van der Waals surface area contributed by atoms with E-state index < -0.39 is 0 Å². The van der Waals surface area contributed by atoms with E-state index in [1.165, 1.54) is 0 Å². The zero-order valence-electron chi connectivity index (χ0n) is 3.98. The first-order chi connectivity index (χ1) is 2.41. The first-order valence-electron chi connectivity index (χ1n) is 1.60. The van der Waals surface area contributed by atoms with Crippen molar-refractivity contribution < 1.29 is 9.84 Å². The summed E-state index contributed by atoms with van der Waals surface area (Å²) in [5.41, 5.74) is 0. The Bertz CT molecular complexity index is 16.3. The van der Waals surface area contributed by atoms with Crippen LogP contribution in [0.3, 0.4) is 0 Å². The normalized spacial score (nSPS) is 7.00. The van der Waals surface area contributed by atoms with Gasteiger partial charge in [0, 0.05) is 6.61 Å². The molecule has 0 aliphatic carbocycles. The number of aliphatic hydroxyl groups excluding tert-OH is 1. The zero-order valence-corrected chi connectivity index (χ0v) is 10.4. The number of aliphatic hydroxyl groups is 1. The molecule has 0 rings (SSSR count). The summed E-state index contributed by atoms with van der Waals surface area (Å²) in [6.45, 7) is 2.27. The monoisotopic (exact) mass is 343 g/mol. The van der Waals surface area contributed by atoms with Gasteiger partial charge < -0.3 is 9.84 Å². The summed E-state index contributed by atoms with van der Waals surface area (Å²) in [6, 6.07) is 0. The van der Waals surface area contributed by atoms with Crippen LogP contribution >= 0.6 is 0 Å². The van der Waals surface area contributed by atoms with Crippen molar-refractivity contribution in [3.05, 3.63) is 0 Å². The van der Waals surface area contributed by atoms with Crippen molar-refractivity contribution in [1.82, 2.24) is 0 Å². The van der Waals surface area contributed by atoms with Crippen LogP contribution in [0, 0.1) is 0 Å². The molecule has 34 valence electrons. The van der Waals surface area contributed by atoms with Crippen molar-refractivity contribution in [1.29, 1.82) is 0 Å². The van der Waals surface area contributed by atoms with Crippen molar-refractivity contribution in [2.45, 2.75) is 6.92 Å². The van der Waals surface area contributed by atoms with Crippen LogP contribution in [0.5, 0.6) is 0 Å². The van der Waals surface area contributed by atoms with Gasteiger partial charge in [-0.05, 0) is 6.92 Å². The van der Waals surface area contributed by atoms with Gasteiger partial charge in [-0.2, -0.15) is 0 Å². The SMILES string of the molecule is CCOCO.[Rf]. The van der Waals surface area contributed by atoms with Gasteiger partial charge in [-0.3, -0.25) is 0 Å². The second-order valence-electron chi connectivity index (χ2n) is 0.622. The van der Waals surface area contributed by atoms with Gasteiger partial charge in [0.05, 0.1) is 0 Å². The van der Waals surface area contributed by atoms with Crippen LogP contribution in [0.4, 0.5) is 0 Å². The van der Waals surface area contributed by atoms with E-state index in [-0.39, 0.29) is 6.79 Å². The summed E-state index contributed by atoms with van der Waals surface area (Å²) in [7, 11) is 0. The quantitative estimate of drug-likeness (QED) is 0.714. The third-order valence-corrected chi connectivity index (χ3v) is 0.295. The Labute approximate surface area is 31.4 Å². The maximum atomic E-state index is 7.84. The molecule has 0 aromatic carbocycles. The summed E-state index contributed by atoms with van der Waals surface area (Å²) in [5.74, 6) is 0. The third kappa shape index (κ3) is 12.7. The molecule has 0 unspecified atom stereocenters. The van der Waals surface area contributed by atoms with E-state index in [2.05, 4.69) is 4.74 Å². The largest absolute Gasteiger partial charge is 0.371 e. The molecule has 0 saturated heterocycles. The zero-order chi connectivity index (χ0) is 4.12. The smallest absolute Gasteiger partial charge is 0.143 e. The molecule has 3 heteroatoms. The Morgan fingerprint density at radius 2 is 2.17 bits per heavy atom. The molecule has 0 radical (unpaired) electrons. The molecule has 0 aromatic heterocycles. The van der Waals surface area contributed by atoms with Crippen LogP contribution in [0.25, 0.3) is 0 Å². The molecule has 0 heterocycles. The molecule has 0 fully saturated rings.